The van der Waals surface area contributed by atoms with Crippen LogP contribution in [0.15, 0.2) is 53.9 Å². The Morgan fingerprint density at radius 2 is 1.74 bits per heavy atom. The van der Waals surface area contributed by atoms with Gasteiger partial charge in [-0.05, 0) is 43.2 Å². The maximum absolute atomic E-state index is 12.7. The maximum atomic E-state index is 12.7. The molecule has 0 bridgehead atoms. The van der Waals surface area contributed by atoms with Crippen molar-refractivity contribution in [3.63, 3.8) is 0 Å². The van der Waals surface area contributed by atoms with E-state index in [9.17, 15) is 14.4 Å². The van der Waals surface area contributed by atoms with E-state index >= 15 is 0 Å². The number of thiazole rings is 1. The monoisotopic (exact) mass is 496 g/mol. The van der Waals surface area contributed by atoms with Crippen LogP contribution in [0.4, 0.5) is 10.8 Å². The molecule has 0 saturated heterocycles. The molecule has 1 fully saturated rings. The van der Waals surface area contributed by atoms with Gasteiger partial charge >= 0.3 is 0 Å². The molecule has 0 spiro atoms. The van der Waals surface area contributed by atoms with Crippen LogP contribution in [0.2, 0.25) is 5.02 Å². The van der Waals surface area contributed by atoms with Crippen molar-refractivity contribution in [1.29, 1.82) is 0 Å². The SMILES string of the molecule is O=C(Cc1csc(NC(=O)c2ccccc2)n1)Nc1ccc(Cl)c(C(=O)NC2CCCCC2)c1. The lowest BCUT2D eigenvalue weighted by molar-refractivity contribution is -0.115. The van der Waals surface area contributed by atoms with Crippen LogP contribution < -0.4 is 16.0 Å². The first kappa shape index (κ1) is 23.9. The Labute approximate surface area is 206 Å². The minimum Gasteiger partial charge on any atom is -0.349 e. The van der Waals surface area contributed by atoms with Crippen molar-refractivity contribution in [1.82, 2.24) is 10.3 Å². The van der Waals surface area contributed by atoms with E-state index in [0.29, 0.717) is 32.7 Å². The zero-order chi connectivity index (χ0) is 23.9. The highest BCUT2D eigenvalue weighted by molar-refractivity contribution is 7.14. The lowest BCUT2D eigenvalue weighted by Gasteiger charge is -2.23. The molecule has 3 N–H and O–H groups in total. The Morgan fingerprint density at radius 3 is 2.50 bits per heavy atom. The highest BCUT2D eigenvalue weighted by Crippen LogP contribution is 2.23. The first-order chi connectivity index (χ1) is 16.5. The van der Waals surface area contributed by atoms with Crippen LogP contribution in [0, 0.1) is 0 Å². The van der Waals surface area contributed by atoms with Crippen LogP contribution >= 0.6 is 22.9 Å². The molecule has 176 valence electrons. The predicted molar refractivity (Wildman–Crippen MR) is 135 cm³/mol. The van der Waals surface area contributed by atoms with Crippen LogP contribution in [0.3, 0.4) is 0 Å². The van der Waals surface area contributed by atoms with E-state index in [4.69, 9.17) is 11.6 Å². The highest BCUT2D eigenvalue weighted by Gasteiger charge is 2.19. The molecule has 0 unspecified atom stereocenters. The Kier molecular flexibility index (Phi) is 7.92. The molecule has 34 heavy (non-hydrogen) atoms. The fraction of sp³-hybridized carbons (Fsp3) is 0.280. The zero-order valence-corrected chi connectivity index (χ0v) is 20.0. The second-order valence-corrected chi connectivity index (χ2v) is 9.46. The van der Waals surface area contributed by atoms with Crippen LogP contribution in [-0.2, 0) is 11.2 Å². The van der Waals surface area contributed by atoms with E-state index in [1.807, 2.05) is 6.07 Å². The minimum absolute atomic E-state index is 0.0317. The molecule has 1 aliphatic carbocycles. The first-order valence-corrected chi connectivity index (χ1v) is 12.4. The van der Waals surface area contributed by atoms with Gasteiger partial charge in [0.15, 0.2) is 5.13 Å². The largest absolute Gasteiger partial charge is 0.349 e. The average Bonchev–Trinajstić information content (AvgIpc) is 3.27. The maximum Gasteiger partial charge on any atom is 0.257 e. The number of amides is 3. The molecule has 7 nitrogen and oxygen atoms in total. The van der Waals surface area contributed by atoms with Gasteiger partial charge in [0, 0.05) is 22.7 Å². The Balaban J connectivity index is 1.33. The summed E-state index contributed by atoms with van der Waals surface area (Å²) in [6, 6.07) is 13.9. The summed E-state index contributed by atoms with van der Waals surface area (Å²) in [5.74, 6) is -0.773. The van der Waals surface area contributed by atoms with E-state index in [1.54, 1.807) is 47.8 Å². The van der Waals surface area contributed by atoms with Gasteiger partial charge in [-0.2, -0.15) is 0 Å². The topological polar surface area (TPSA) is 100 Å². The van der Waals surface area contributed by atoms with Crippen LogP contribution in [0.1, 0.15) is 58.5 Å². The summed E-state index contributed by atoms with van der Waals surface area (Å²) >= 11 is 7.50. The number of benzene rings is 2. The molecule has 3 amide bonds. The first-order valence-electron chi connectivity index (χ1n) is 11.2. The molecule has 1 aliphatic rings. The summed E-state index contributed by atoms with van der Waals surface area (Å²) in [6.07, 6.45) is 5.41. The lowest BCUT2D eigenvalue weighted by atomic mass is 9.95. The summed E-state index contributed by atoms with van der Waals surface area (Å²) in [4.78, 5) is 41.8. The number of anilines is 2. The van der Waals surface area contributed by atoms with Gasteiger partial charge in [-0.25, -0.2) is 4.98 Å². The molecule has 9 heteroatoms. The number of halogens is 1. The van der Waals surface area contributed by atoms with Crippen LogP contribution in [0.25, 0.3) is 0 Å². The van der Waals surface area contributed by atoms with Crippen LogP contribution in [-0.4, -0.2) is 28.7 Å². The van der Waals surface area contributed by atoms with Gasteiger partial charge in [0.05, 0.1) is 22.7 Å². The zero-order valence-electron chi connectivity index (χ0n) is 18.5. The molecule has 4 rings (SSSR count). The molecular weight excluding hydrogens is 472 g/mol. The molecule has 0 radical (unpaired) electrons. The van der Waals surface area contributed by atoms with Crippen molar-refractivity contribution in [3.8, 4) is 0 Å². The van der Waals surface area contributed by atoms with Gasteiger partial charge in [-0.3, -0.25) is 19.7 Å². The third kappa shape index (κ3) is 6.42. The minimum atomic E-state index is -0.285. The normalized spacial score (nSPS) is 13.8. The fourth-order valence-corrected chi connectivity index (χ4v) is 4.77. The second-order valence-electron chi connectivity index (χ2n) is 8.19. The number of hydrogen-bond acceptors (Lipinski definition) is 5. The van der Waals surface area contributed by atoms with E-state index in [0.717, 1.165) is 25.7 Å². The van der Waals surface area contributed by atoms with Crippen LogP contribution in [0.5, 0.6) is 0 Å². The van der Waals surface area contributed by atoms with Crippen molar-refractivity contribution in [2.24, 2.45) is 0 Å². The molecule has 2 aromatic carbocycles. The average molecular weight is 497 g/mol. The van der Waals surface area contributed by atoms with E-state index in [2.05, 4.69) is 20.9 Å². The Morgan fingerprint density at radius 1 is 0.971 bits per heavy atom. The smallest absolute Gasteiger partial charge is 0.257 e. The lowest BCUT2D eigenvalue weighted by Crippen LogP contribution is -2.36. The highest BCUT2D eigenvalue weighted by atomic mass is 35.5. The molecule has 1 heterocycles. The van der Waals surface area contributed by atoms with Gasteiger partial charge in [-0.15, -0.1) is 11.3 Å². The summed E-state index contributed by atoms with van der Waals surface area (Å²) in [6.45, 7) is 0. The molecular formula is C25H25ClN4O3S. The van der Waals surface area contributed by atoms with Crippen molar-refractivity contribution in [2.75, 3.05) is 10.6 Å². The fourth-order valence-electron chi connectivity index (χ4n) is 3.86. The number of nitrogens with zero attached hydrogens (tertiary/aromatic N) is 1. The van der Waals surface area contributed by atoms with E-state index in [1.165, 1.54) is 17.8 Å². The summed E-state index contributed by atoms with van der Waals surface area (Å²) in [5.41, 5.74) is 1.89. The molecule has 3 aromatic rings. The number of rotatable bonds is 7. The van der Waals surface area contributed by atoms with Crippen molar-refractivity contribution in [2.45, 2.75) is 44.6 Å². The third-order valence-electron chi connectivity index (χ3n) is 5.58. The quantitative estimate of drug-likeness (QED) is 0.413. The van der Waals surface area contributed by atoms with Gasteiger partial charge in [0.1, 0.15) is 0 Å². The van der Waals surface area contributed by atoms with E-state index < -0.39 is 0 Å². The van der Waals surface area contributed by atoms with Gasteiger partial charge in [0.25, 0.3) is 11.8 Å². The van der Waals surface area contributed by atoms with Gasteiger partial charge < -0.3 is 10.6 Å². The summed E-state index contributed by atoms with van der Waals surface area (Å²) in [7, 11) is 0. The predicted octanol–water partition coefficient (Wildman–Crippen LogP) is 5.29. The Hall–Kier alpha value is -3.23. The number of hydrogen-bond donors (Lipinski definition) is 3. The second kappa shape index (κ2) is 11.3. The standard InChI is InChI=1S/C25H25ClN4O3S/c26-21-12-11-18(13-20(21)24(33)28-17-9-5-2-6-10-17)27-22(31)14-19-15-34-25(29-19)30-23(32)16-7-3-1-4-8-16/h1,3-4,7-8,11-13,15,17H,2,5-6,9-10,14H2,(H,27,31)(H,28,33)(H,29,30,32). The number of nitrogens with one attached hydrogen (secondary N) is 3. The molecule has 0 atom stereocenters. The number of aromatic nitrogens is 1. The third-order valence-corrected chi connectivity index (χ3v) is 6.72. The van der Waals surface area contributed by atoms with Crippen molar-refractivity contribution >= 4 is 51.5 Å². The van der Waals surface area contributed by atoms with Crippen molar-refractivity contribution in [3.05, 3.63) is 75.8 Å². The number of carbonyl (C=O) groups is 3. The molecule has 0 aliphatic heterocycles. The van der Waals surface area contributed by atoms with Crippen molar-refractivity contribution < 1.29 is 14.4 Å². The van der Waals surface area contributed by atoms with Gasteiger partial charge in [0.2, 0.25) is 5.91 Å². The Bertz CT molecular complexity index is 1180. The van der Waals surface area contributed by atoms with E-state index in [-0.39, 0.29) is 30.2 Å². The molecule has 1 saturated carbocycles. The molecule has 1 aromatic heterocycles. The summed E-state index contributed by atoms with van der Waals surface area (Å²) in [5, 5.41) is 11.1. The van der Waals surface area contributed by atoms with Gasteiger partial charge in [-0.1, -0.05) is 49.1 Å². The summed E-state index contributed by atoms with van der Waals surface area (Å²) < 4.78 is 0. The number of carbonyl (C=O) groups excluding carboxylic acids is 3.